The summed E-state index contributed by atoms with van der Waals surface area (Å²) in [6.45, 7) is 3.38. The van der Waals surface area contributed by atoms with Gasteiger partial charge in [0.15, 0.2) is 5.82 Å². The summed E-state index contributed by atoms with van der Waals surface area (Å²) in [5.41, 5.74) is 0.990. The average molecular weight is 329 g/mol. The number of carbonyl (C=O) groups is 1. The molecule has 128 valence electrons. The third-order valence-corrected chi connectivity index (χ3v) is 4.15. The number of nitrogens with zero attached hydrogens (tertiary/aromatic N) is 4. The standard InChI is InChI=1S/C17H23N5O2/c1-12-18-16(20-19-12)14-11-22(9-10-24-14)17(23)15(21(2)3)13-7-5-4-6-8-13/h4-8,14-15H,9-11H2,1-3H3,(H,18,19,20)/t14-,15-/m0/s1. The van der Waals surface area contributed by atoms with Crippen LogP contribution in [0.2, 0.25) is 0 Å². The number of aromatic nitrogens is 3. The number of ether oxygens (including phenoxy) is 1. The molecular formula is C17H23N5O2. The second kappa shape index (κ2) is 7.11. The molecule has 0 spiro atoms. The fourth-order valence-corrected chi connectivity index (χ4v) is 2.98. The molecule has 0 unspecified atom stereocenters. The first kappa shape index (κ1) is 16.6. The van der Waals surface area contributed by atoms with Crippen molar-refractivity contribution in [2.45, 2.75) is 19.1 Å². The molecule has 1 aromatic carbocycles. The highest BCUT2D eigenvalue weighted by molar-refractivity contribution is 5.83. The molecule has 2 atom stereocenters. The van der Waals surface area contributed by atoms with Crippen molar-refractivity contribution < 1.29 is 9.53 Å². The number of likely N-dealkylation sites (N-methyl/N-ethyl adjacent to an activating group) is 1. The van der Waals surface area contributed by atoms with E-state index in [9.17, 15) is 4.79 Å². The van der Waals surface area contributed by atoms with E-state index in [-0.39, 0.29) is 18.1 Å². The van der Waals surface area contributed by atoms with Crippen LogP contribution in [-0.4, -0.2) is 64.7 Å². The molecule has 1 amide bonds. The zero-order chi connectivity index (χ0) is 17.1. The minimum Gasteiger partial charge on any atom is -0.366 e. The van der Waals surface area contributed by atoms with Crippen molar-refractivity contribution >= 4 is 5.91 Å². The summed E-state index contributed by atoms with van der Waals surface area (Å²) in [6.07, 6.45) is -0.286. The van der Waals surface area contributed by atoms with E-state index in [0.29, 0.717) is 25.5 Å². The normalized spacial score (nSPS) is 19.5. The topological polar surface area (TPSA) is 74.3 Å². The van der Waals surface area contributed by atoms with Crippen LogP contribution in [0.3, 0.4) is 0 Å². The third-order valence-electron chi connectivity index (χ3n) is 4.15. The van der Waals surface area contributed by atoms with E-state index in [1.165, 1.54) is 0 Å². The fourth-order valence-electron chi connectivity index (χ4n) is 2.98. The van der Waals surface area contributed by atoms with Gasteiger partial charge in [-0.2, -0.15) is 5.10 Å². The van der Waals surface area contributed by atoms with Crippen LogP contribution < -0.4 is 0 Å². The molecule has 1 aliphatic heterocycles. The summed E-state index contributed by atoms with van der Waals surface area (Å²) in [6, 6.07) is 9.53. The maximum Gasteiger partial charge on any atom is 0.244 e. The van der Waals surface area contributed by atoms with Crippen LogP contribution in [0.1, 0.15) is 29.4 Å². The number of rotatable bonds is 4. The van der Waals surface area contributed by atoms with Crippen molar-refractivity contribution in [2.24, 2.45) is 0 Å². The van der Waals surface area contributed by atoms with Crippen molar-refractivity contribution in [3.63, 3.8) is 0 Å². The van der Waals surface area contributed by atoms with Crippen LogP contribution in [0.4, 0.5) is 0 Å². The van der Waals surface area contributed by atoms with E-state index in [1.54, 1.807) is 0 Å². The molecule has 1 N–H and O–H groups in total. The number of H-pyrrole nitrogens is 1. The molecule has 0 aliphatic carbocycles. The van der Waals surface area contributed by atoms with Crippen molar-refractivity contribution in [3.05, 3.63) is 47.5 Å². The number of morpholine rings is 1. The Hall–Kier alpha value is -2.25. The van der Waals surface area contributed by atoms with E-state index in [2.05, 4.69) is 15.2 Å². The van der Waals surface area contributed by atoms with Gasteiger partial charge >= 0.3 is 0 Å². The fraction of sp³-hybridized carbons (Fsp3) is 0.471. The highest BCUT2D eigenvalue weighted by atomic mass is 16.5. The lowest BCUT2D eigenvalue weighted by molar-refractivity contribution is -0.144. The number of benzene rings is 1. The molecule has 2 heterocycles. The molecule has 0 saturated carbocycles. The van der Waals surface area contributed by atoms with Crippen LogP contribution in [-0.2, 0) is 9.53 Å². The van der Waals surface area contributed by atoms with Gasteiger partial charge < -0.3 is 9.64 Å². The van der Waals surface area contributed by atoms with Gasteiger partial charge in [-0.25, -0.2) is 4.98 Å². The number of aromatic amines is 1. The molecule has 1 aromatic heterocycles. The molecule has 7 heteroatoms. The maximum atomic E-state index is 13.1. The highest BCUT2D eigenvalue weighted by Crippen LogP contribution is 2.25. The molecule has 7 nitrogen and oxygen atoms in total. The van der Waals surface area contributed by atoms with E-state index in [0.717, 1.165) is 11.4 Å². The Balaban J connectivity index is 1.77. The number of aryl methyl sites for hydroxylation is 1. The van der Waals surface area contributed by atoms with E-state index < -0.39 is 0 Å². The Morgan fingerprint density at radius 2 is 2.12 bits per heavy atom. The molecule has 2 aromatic rings. The van der Waals surface area contributed by atoms with Crippen LogP contribution in [0.5, 0.6) is 0 Å². The molecule has 24 heavy (non-hydrogen) atoms. The summed E-state index contributed by atoms with van der Waals surface area (Å²) in [5.74, 6) is 1.42. The van der Waals surface area contributed by atoms with E-state index >= 15 is 0 Å². The number of hydrogen-bond donors (Lipinski definition) is 1. The lowest BCUT2D eigenvalue weighted by atomic mass is 10.0. The summed E-state index contributed by atoms with van der Waals surface area (Å²) in [4.78, 5) is 21.2. The van der Waals surface area contributed by atoms with Gasteiger partial charge in [-0.1, -0.05) is 30.3 Å². The van der Waals surface area contributed by atoms with Gasteiger partial charge in [-0.3, -0.25) is 14.8 Å². The summed E-state index contributed by atoms with van der Waals surface area (Å²) >= 11 is 0. The Morgan fingerprint density at radius 1 is 1.38 bits per heavy atom. The second-order valence-corrected chi connectivity index (χ2v) is 6.20. The minimum atomic E-state index is -0.307. The highest BCUT2D eigenvalue weighted by Gasteiger charge is 2.33. The summed E-state index contributed by atoms with van der Waals surface area (Å²) < 4.78 is 5.75. The van der Waals surface area contributed by atoms with E-state index in [4.69, 9.17) is 4.74 Å². The van der Waals surface area contributed by atoms with Gasteiger partial charge in [-0.15, -0.1) is 0 Å². The predicted molar refractivity (Wildman–Crippen MR) is 89.3 cm³/mol. The molecule has 0 radical (unpaired) electrons. The molecule has 3 rings (SSSR count). The van der Waals surface area contributed by atoms with Gasteiger partial charge in [-0.05, 0) is 26.6 Å². The lowest BCUT2D eigenvalue weighted by Crippen LogP contribution is -2.47. The van der Waals surface area contributed by atoms with Crippen molar-refractivity contribution in [1.29, 1.82) is 0 Å². The Bertz CT molecular complexity index is 685. The summed E-state index contributed by atoms with van der Waals surface area (Å²) in [5, 5.41) is 6.99. The van der Waals surface area contributed by atoms with Gasteiger partial charge in [0.05, 0.1) is 13.2 Å². The minimum absolute atomic E-state index is 0.0757. The predicted octanol–water partition coefficient (Wildman–Crippen LogP) is 1.32. The smallest absolute Gasteiger partial charge is 0.244 e. The molecule has 1 saturated heterocycles. The summed E-state index contributed by atoms with van der Waals surface area (Å²) in [7, 11) is 3.85. The molecule has 1 fully saturated rings. The zero-order valence-corrected chi connectivity index (χ0v) is 14.3. The Kier molecular flexibility index (Phi) is 4.92. The quantitative estimate of drug-likeness (QED) is 0.915. The number of hydrogen-bond acceptors (Lipinski definition) is 5. The Labute approximate surface area is 141 Å². The lowest BCUT2D eigenvalue weighted by Gasteiger charge is -2.35. The van der Waals surface area contributed by atoms with Crippen molar-refractivity contribution in [1.82, 2.24) is 25.0 Å². The molecular weight excluding hydrogens is 306 g/mol. The largest absolute Gasteiger partial charge is 0.366 e. The van der Waals surface area contributed by atoms with Crippen LogP contribution in [0.25, 0.3) is 0 Å². The maximum absolute atomic E-state index is 13.1. The SMILES string of the molecule is Cc1nc([C@@H]2CN(C(=O)[C@H](c3ccccc3)N(C)C)CCO2)n[nH]1. The zero-order valence-electron chi connectivity index (χ0n) is 14.3. The van der Waals surface area contributed by atoms with E-state index in [1.807, 2.05) is 61.2 Å². The van der Waals surface area contributed by atoms with Crippen LogP contribution in [0, 0.1) is 6.92 Å². The third kappa shape index (κ3) is 3.47. The first-order chi connectivity index (χ1) is 11.6. The van der Waals surface area contributed by atoms with Crippen LogP contribution >= 0.6 is 0 Å². The molecule has 1 aliphatic rings. The number of nitrogens with one attached hydrogen (secondary N) is 1. The second-order valence-electron chi connectivity index (χ2n) is 6.20. The Morgan fingerprint density at radius 3 is 2.75 bits per heavy atom. The number of carbonyl (C=O) groups excluding carboxylic acids is 1. The van der Waals surface area contributed by atoms with Gasteiger partial charge in [0.2, 0.25) is 5.91 Å². The first-order valence-corrected chi connectivity index (χ1v) is 8.07. The molecule has 0 bridgehead atoms. The van der Waals surface area contributed by atoms with Gasteiger partial charge in [0, 0.05) is 6.54 Å². The van der Waals surface area contributed by atoms with Crippen LogP contribution in [0.15, 0.2) is 30.3 Å². The monoisotopic (exact) mass is 329 g/mol. The van der Waals surface area contributed by atoms with Crippen molar-refractivity contribution in [2.75, 3.05) is 33.8 Å². The van der Waals surface area contributed by atoms with Gasteiger partial charge in [0.1, 0.15) is 18.0 Å². The number of amides is 1. The average Bonchev–Trinajstić information content (AvgIpc) is 3.02. The van der Waals surface area contributed by atoms with Gasteiger partial charge in [0.25, 0.3) is 0 Å². The first-order valence-electron chi connectivity index (χ1n) is 8.07. The van der Waals surface area contributed by atoms with Crippen molar-refractivity contribution in [3.8, 4) is 0 Å².